The molecule has 1 saturated heterocycles. The second kappa shape index (κ2) is 10.2. The number of hydrogen-bond acceptors (Lipinski definition) is 6. The van der Waals surface area contributed by atoms with Crippen molar-refractivity contribution >= 4 is 35.2 Å². The summed E-state index contributed by atoms with van der Waals surface area (Å²) in [5, 5.41) is 15.0. The number of nitrogens with one attached hydrogen (secondary N) is 2. The van der Waals surface area contributed by atoms with Gasteiger partial charge in [-0.3, -0.25) is 14.2 Å². The molecule has 1 saturated carbocycles. The average Bonchev–Trinajstić information content (AvgIpc) is 3.55. The minimum atomic E-state index is -0.381. The van der Waals surface area contributed by atoms with Crippen LogP contribution in [0.3, 0.4) is 0 Å². The number of amides is 2. The molecule has 2 fully saturated rings. The number of carbonyl (C=O) groups is 2. The first-order chi connectivity index (χ1) is 15.8. The van der Waals surface area contributed by atoms with E-state index >= 15 is 0 Å². The quantitative estimate of drug-likeness (QED) is 0.572. The lowest BCUT2D eigenvalue weighted by atomic mass is 10.00. The van der Waals surface area contributed by atoms with E-state index in [-0.39, 0.29) is 23.6 Å². The summed E-state index contributed by atoms with van der Waals surface area (Å²) >= 11 is 1.41. The number of para-hydroxylation sites is 1. The Hall–Kier alpha value is -2.55. The van der Waals surface area contributed by atoms with Gasteiger partial charge in [0.25, 0.3) is 0 Å². The lowest BCUT2D eigenvalue weighted by molar-refractivity contribution is -0.123. The Morgan fingerprint density at radius 1 is 1.12 bits per heavy atom. The van der Waals surface area contributed by atoms with E-state index < -0.39 is 0 Å². The Labute approximate surface area is 199 Å². The Kier molecular flexibility index (Phi) is 7.26. The number of thioether (sulfide) groups is 1. The molecule has 2 aliphatic rings. The molecule has 1 atom stereocenters. The molecule has 1 aromatic carbocycles. The van der Waals surface area contributed by atoms with Gasteiger partial charge in [0.2, 0.25) is 17.8 Å². The van der Waals surface area contributed by atoms with E-state index in [1.165, 1.54) is 24.6 Å². The van der Waals surface area contributed by atoms with Crippen molar-refractivity contribution in [3.05, 3.63) is 29.3 Å². The smallest absolute Gasteiger partial charge is 0.243 e. The van der Waals surface area contributed by atoms with E-state index in [1.807, 2.05) is 39.0 Å². The van der Waals surface area contributed by atoms with Crippen LogP contribution in [0.15, 0.2) is 23.4 Å². The van der Waals surface area contributed by atoms with Crippen molar-refractivity contribution in [1.29, 1.82) is 0 Å². The topological polar surface area (TPSA) is 92.2 Å². The SMILES string of the molecule is Cc1cccc(C)c1NC(=O)CNC(=O)C(C)Sc1nnc(N2CCC(C)CC2)n1C1CC1. The second-order valence-electron chi connectivity index (χ2n) is 9.35. The molecule has 0 bridgehead atoms. The van der Waals surface area contributed by atoms with Crippen LogP contribution in [0.25, 0.3) is 0 Å². The van der Waals surface area contributed by atoms with Gasteiger partial charge in [0.05, 0.1) is 11.8 Å². The first-order valence-electron chi connectivity index (χ1n) is 11.8. The predicted octanol–water partition coefficient (Wildman–Crippen LogP) is 3.70. The number of piperidine rings is 1. The summed E-state index contributed by atoms with van der Waals surface area (Å²) in [6.45, 7) is 9.99. The molecule has 9 heteroatoms. The van der Waals surface area contributed by atoms with Crippen molar-refractivity contribution in [3.8, 4) is 0 Å². The lowest BCUT2D eigenvalue weighted by Gasteiger charge is -2.31. The minimum Gasteiger partial charge on any atom is -0.346 e. The van der Waals surface area contributed by atoms with Crippen molar-refractivity contribution in [2.75, 3.05) is 29.9 Å². The maximum atomic E-state index is 12.7. The predicted molar refractivity (Wildman–Crippen MR) is 132 cm³/mol. The maximum Gasteiger partial charge on any atom is 0.243 e. The molecule has 2 heterocycles. The molecule has 1 aliphatic heterocycles. The van der Waals surface area contributed by atoms with E-state index in [1.54, 1.807) is 0 Å². The summed E-state index contributed by atoms with van der Waals surface area (Å²) in [4.78, 5) is 27.4. The van der Waals surface area contributed by atoms with Crippen LogP contribution in [0, 0.1) is 19.8 Å². The summed E-state index contributed by atoms with van der Waals surface area (Å²) in [6, 6.07) is 6.29. The number of carbonyl (C=O) groups excluding carboxylic acids is 2. The highest BCUT2D eigenvalue weighted by Gasteiger charge is 2.33. The molecule has 1 unspecified atom stereocenters. The van der Waals surface area contributed by atoms with Gasteiger partial charge in [-0.25, -0.2) is 0 Å². The van der Waals surface area contributed by atoms with Crippen LogP contribution in [0.5, 0.6) is 0 Å². The van der Waals surface area contributed by atoms with Gasteiger partial charge >= 0.3 is 0 Å². The number of hydrogen-bond donors (Lipinski definition) is 2. The molecule has 178 valence electrons. The fourth-order valence-electron chi connectivity index (χ4n) is 4.14. The number of anilines is 2. The maximum absolute atomic E-state index is 12.7. The molecule has 2 aromatic rings. The Morgan fingerprint density at radius 3 is 2.42 bits per heavy atom. The molecule has 0 spiro atoms. The molecule has 1 aromatic heterocycles. The van der Waals surface area contributed by atoms with Crippen molar-refractivity contribution in [2.45, 2.75) is 69.8 Å². The Balaban J connectivity index is 1.34. The van der Waals surface area contributed by atoms with Crippen molar-refractivity contribution in [2.24, 2.45) is 5.92 Å². The standard InChI is InChI=1S/C24H34N6O2S/c1-15-10-12-29(13-11-15)23-27-28-24(30(23)19-8-9-19)33-18(4)22(32)25-14-20(31)26-21-16(2)6-5-7-17(21)3/h5-7,15,18-19H,8-14H2,1-4H3,(H,25,32)(H,26,31). The fraction of sp³-hybridized carbons (Fsp3) is 0.583. The first kappa shape index (κ1) is 23.6. The van der Waals surface area contributed by atoms with Gasteiger partial charge in [-0.15, -0.1) is 10.2 Å². The van der Waals surface area contributed by atoms with E-state index in [9.17, 15) is 9.59 Å². The molecule has 33 heavy (non-hydrogen) atoms. The second-order valence-corrected chi connectivity index (χ2v) is 10.7. The summed E-state index contributed by atoms with van der Waals surface area (Å²) in [6.07, 6.45) is 4.59. The van der Waals surface area contributed by atoms with Gasteiger partial charge in [-0.05, 0) is 63.5 Å². The molecule has 0 radical (unpaired) electrons. The zero-order chi connectivity index (χ0) is 23.5. The largest absolute Gasteiger partial charge is 0.346 e. The van der Waals surface area contributed by atoms with Crippen LogP contribution in [0.4, 0.5) is 11.6 Å². The molecule has 1 aliphatic carbocycles. The van der Waals surface area contributed by atoms with E-state index in [0.29, 0.717) is 6.04 Å². The number of nitrogens with zero attached hydrogens (tertiary/aromatic N) is 4. The minimum absolute atomic E-state index is 0.0654. The Morgan fingerprint density at radius 2 is 1.79 bits per heavy atom. The molecule has 4 rings (SSSR count). The third-order valence-corrected chi connectivity index (χ3v) is 7.50. The first-order valence-corrected chi connectivity index (χ1v) is 12.7. The third-order valence-electron chi connectivity index (χ3n) is 6.45. The van der Waals surface area contributed by atoms with Gasteiger partial charge < -0.3 is 15.5 Å². The molecule has 2 N–H and O–H groups in total. The number of rotatable bonds is 8. The highest BCUT2D eigenvalue weighted by atomic mass is 32.2. The fourth-order valence-corrected chi connectivity index (χ4v) is 5.08. The lowest BCUT2D eigenvalue weighted by Crippen LogP contribution is -2.37. The van der Waals surface area contributed by atoms with Gasteiger partial charge in [0.15, 0.2) is 5.16 Å². The monoisotopic (exact) mass is 470 g/mol. The summed E-state index contributed by atoms with van der Waals surface area (Å²) in [7, 11) is 0. The van der Waals surface area contributed by atoms with Crippen molar-refractivity contribution < 1.29 is 9.59 Å². The van der Waals surface area contributed by atoms with E-state index in [0.717, 1.165) is 59.8 Å². The number of aromatic nitrogens is 3. The van der Waals surface area contributed by atoms with Gasteiger partial charge in [-0.1, -0.05) is 36.9 Å². The van der Waals surface area contributed by atoms with E-state index in [4.69, 9.17) is 0 Å². The number of benzene rings is 1. The molecule has 2 amide bonds. The highest BCUT2D eigenvalue weighted by Crippen LogP contribution is 2.42. The summed E-state index contributed by atoms with van der Waals surface area (Å²) in [5.41, 5.74) is 2.80. The zero-order valence-corrected chi connectivity index (χ0v) is 20.7. The van der Waals surface area contributed by atoms with Crippen LogP contribution < -0.4 is 15.5 Å². The zero-order valence-electron chi connectivity index (χ0n) is 19.9. The molecular weight excluding hydrogens is 436 g/mol. The molecular formula is C24H34N6O2S. The van der Waals surface area contributed by atoms with Crippen LogP contribution in [-0.4, -0.2) is 51.5 Å². The van der Waals surface area contributed by atoms with Crippen LogP contribution >= 0.6 is 11.8 Å². The van der Waals surface area contributed by atoms with Gasteiger partial charge in [-0.2, -0.15) is 0 Å². The molecule has 8 nitrogen and oxygen atoms in total. The van der Waals surface area contributed by atoms with Gasteiger partial charge in [0, 0.05) is 24.8 Å². The van der Waals surface area contributed by atoms with Crippen LogP contribution in [-0.2, 0) is 9.59 Å². The number of aryl methyl sites for hydroxylation is 2. The van der Waals surface area contributed by atoms with Gasteiger partial charge in [0.1, 0.15) is 0 Å². The van der Waals surface area contributed by atoms with Crippen molar-refractivity contribution in [3.63, 3.8) is 0 Å². The summed E-state index contributed by atoms with van der Waals surface area (Å²) < 4.78 is 2.22. The third kappa shape index (κ3) is 5.69. The highest BCUT2D eigenvalue weighted by molar-refractivity contribution is 8.00. The van der Waals surface area contributed by atoms with Crippen molar-refractivity contribution in [1.82, 2.24) is 20.1 Å². The summed E-state index contributed by atoms with van der Waals surface area (Å²) in [5.74, 6) is 1.27. The normalized spacial score (nSPS) is 17.6. The van der Waals surface area contributed by atoms with Crippen LogP contribution in [0.1, 0.15) is 56.7 Å². The van der Waals surface area contributed by atoms with Crippen LogP contribution in [0.2, 0.25) is 0 Å². The van der Waals surface area contributed by atoms with E-state index in [2.05, 4.69) is 37.2 Å². The Bertz CT molecular complexity index is 990. The average molecular weight is 471 g/mol.